The predicted octanol–water partition coefficient (Wildman–Crippen LogP) is 3.53. The summed E-state index contributed by atoms with van der Waals surface area (Å²) in [5, 5.41) is 14.5. The molecule has 2 amide bonds. The first-order valence-electron chi connectivity index (χ1n) is 11.6. The third-order valence-corrected chi connectivity index (χ3v) is 7.49. The van der Waals surface area contributed by atoms with Gasteiger partial charge in [0.1, 0.15) is 6.61 Å². The lowest BCUT2D eigenvalue weighted by Crippen LogP contribution is -2.50. The van der Waals surface area contributed by atoms with Gasteiger partial charge in [-0.2, -0.15) is 0 Å². The Morgan fingerprint density at radius 3 is 2.24 bits per heavy atom. The molecule has 0 spiro atoms. The van der Waals surface area contributed by atoms with Crippen molar-refractivity contribution in [3.8, 4) is 11.1 Å². The van der Waals surface area contributed by atoms with Crippen LogP contribution < -0.4 is 10.6 Å². The van der Waals surface area contributed by atoms with Gasteiger partial charge in [0.25, 0.3) is 0 Å². The maximum atomic E-state index is 12.8. The number of carboxylic acids is 1. The Kier molecular flexibility index (Phi) is 5.79. The maximum Gasteiger partial charge on any atom is 0.407 e. The topological polar surface area (TPSA) is 105 Å². The second kappa shape index (κ2) is 8.89. The van der Waals surface area contributed by atoms with Crippen molar-refractivity contribution in [3.63, 3.8) is 0 Å². The van der Waals surface area contributed by atoms with Gasteiger partial charge in [0.15, 0.2) is 0 Å². The molecule has 0 aliphatic heterocycles. The molecule has 2 fully saturated rings. The summed E-state index contributed by atoms with van der Waals surface area (Å²) in [4.78, 5) is 36.3. The fourth-order valence-electron chi connectivity index (χ4n) is 6.06. The molecule has 3 aliphatic carbocycles. The van der Waals surface area contributed by atoms with E-state index < -0.39 is 12.1 Å². The third kappa shape index (κ3) is 4.08. The van der Waals surface area contributed by atoms with Crippen LogP contribution in [0.5, 0.6) is 0 Å². The van der Waals surface area contributed by atoms with Crippen LogP contribution in [0.2, 0.25) is 0 Å². The average Bonchev–Trinajstić information content (AvgIpc) is 3.49. The third-order valence-electron chi connectivity index (χ3n) is 7.49. The molecule has 0 heterocycles. The number of amides is 2. The SMILES string of the molecule is O=C(O)CCNC(=O)C1C2CCC(C2)C1NC(=O)OCC1c2ccccc2-c2ccccc21. The number of carboxylic acid groups (broad SMARTS) is 1. The van der Waals surface area contributed by atoms with Crippen LogP contribution in [-0.4, -0.2) is 42.3 Å². The van der Waals surface area contributed by atoms with E-state index in [0.29, 0.717) is 0 Å². The van der Waals surface area contributed by atoms with Crippen molar-refractivity contribution in [3.05, 3.63) is 59.7 Å². The molecule has 7 heteroatoms. The number of alkyl carbamates (subject to hydrolysis) is 1. The van der Waals surface area contributed by atoms with E-state index in [1.54, 1.807) is 0 Å². The van der Waals surface area contributed by atoms with Crippen LogP contribution >= 0.6 is 0 Å². The highest BCUT2D eigenvalue weighted by Crippen LogP contribution is 2.49. The Morgan fingerprint density at radius 2 is 1.58 bits per heavy atom. The Labute approximate surface area is 192 Å². The van der Waals surface area contributed by atoms with Crippen LogP contribution in [0.4, 0.5) is 4.79 Å². The second-order valence-electron chi connectivity index (χ2n) is 9.29. The minimum absolute atomic E-state index is 0.0155. The molecule has 0 radical (unpaired) electrons. The average molecular weight is 449 g/mol. The molecule has 7 nitrogen and oxygen atoms in total. The summed E-state index contributed by atoms with van der Waals surface area (Å²) in [6.45, 7) is 0.329. The van der Waals surface area contributed by atoms with Crippen LogP contribution in [0.15, 0.2) is 48.5 Å². The van der Waals surface area contributed by atoms with Crippen LogP contribution in [-0.2, 0) is 14.3 Å². The number of benzene rings is 2. The van der Waals surface area contributed by atoms with Crippen molar-refractivity contribution in [1.82, 2.24) is 10.6 Å². The Balaban J connectivity index is 1.23. The van der Waals surface area contributed by atoms with Gasteiger partial charge in [0.05, 0.1) is 12.3 Å². The zero-order chi connectivity index (χ0) is 22.9. The van der Waals surface area contributed by atoms with E-state index in [4.69, 9.17) is 9.84 Å². The fourth-order valence-corrected chi connectivity index (χ4v) is 6.06. The van der Waals surface area contributed by atoms with Gasteiger partial charge >= 0.3 is 12.1 Å². The summed E-state index contributed by atoms with van der Waals surface area (Å²) >= 11 is 0. The highest BCUT2D eigenvalue weighted by Gasteiger charge is 2.51. The standard InChI is InChI=1S/C26H28N2O5/c29-22(30)11-12-27-25(31)23-15-9-10-16(13-15)24(23)28-26(32)33-14-21-19-7-3-1-5-17(19)18-6-2-4-8-20(18)21/h1-8,15-16,21,23-24H,9-14H2,(H,27,31)(H,28,32)(H,29,30). The van der Waals surface area contributed by atoms with Gasteiger partial charge in [-0.25, -0.2) is 4.79 Å². The Morgan fingerprint density at radius 1 is 0.939 bits per heavy atom. The number of carbonyl (C=O) groups is 3. The molecule has 2 aromatic carbocycles. The van der Waals surface area contributed by atoms with Gasteiger partial charge in [-0.05, 0) is 53.4 Å². The zero-order valence-electron chi connectivity index (χ0n) is 18.3. The van der Waals surface area contributed by atoms with Gasteiger partial charge < -0.3 is 20.5 Å². The first-order valence-corrected chi connectivity index (χ1v) is 11.6. The number of fused-ring (bicyclic) bond motifs is 5. The van der Waals surface area contributed by atoms with E-state index in [0.717, 1.165) is 30.4 Å². The lowest BCUT2D eigenvalue weighted by Gasteiger charge is -2.30. The number of carbonyl (C=O) groups excluding carboxylic acids is 2. The summed E-state index contributed by atoms with van der Waals surface area (Å²) in [5.74, 6) is -0.996. The quantitative estimate of drug-likeness (QED) is 0.601. The molecule has 172 valence electrons. The van der Waals surface area contributed by atoms with Crippen molar-refractivity contribution >= 4 is 18.0 Å². The van der Waals surface area contributed by atoms with E-state index in [1.807, 2.05) is 24.3 Å². The van der Waals surface area contributed by atoms with Gasteiger partial charge in [-0.3, -0.25) is 9.59 Å². The smallest absolute Gasteiger partial charge is 0.407 e. The molecule has 33 heavy (non-hydrogen) atoms. The van der Waals surface area contributed by atoms with Crippen LogP contribution in [0.3, 0.4) is 0 Å². The first kappa shape index (κ1) is 21.5. The molecular formula is C26H28N2O5. The molecule has 0 aromatic heterocycles. The summed E-state index contributed by atoms with van der Waals surface area (Å²) in [5.41, 5.74) is 4.66. The van der Waals surface area contributed by atoms with E-state index >= 15 is 0 Å². The summed E-state index contributed by atoms with van der Waals surface area (Å²) < 4.78 is 5.69. The zero-order valence-corrected chi connectivity index (χ0v) is 18.3. The first-order chi connectivity index (χ1) is 16.0. The number of ether oxygens (including phenoxy) is 1. The Bertz CT molecular complexity index is 1040. The number of hydrogen-bond acceptors (Lipinski definition) is 4. The molecule has 2 aromatic rings. The summed E-state index contributed by atoms with van der Waals surface area (Å²) in [6.07, 6.45) is 2.24. The van der Waals surface area contributed by atoms with E-state index in [9.17, 15) is 14.4 Å². The molecule has 4 unspecified atom stereocenters. The van der Waals surface area contributed by atoms with Crippen LogP contribution in [0.1, 0.15) is 42.7 Å². The van der Waals surface area contributed by atoms with Crippen molar-refractivity contribution in [2.24, 2.45) is 17.8 Å². The summed E-state index contributed by atoms with van der Waals surface area (Å²) in [7, 11) is 0. The lowest BCUT2D eigenvalue weighted by atomic mass is 9.84. The van der Waals surface area contributed by atoms with Gasteiger partial charge in [0, 0.05) is 18.5 Å². The molecule has 0 saturated heterocycles. The molecule has 2 saturated carbocycles. The van der Waals surface area contributed by atoms with Gasteiger partial charge in [-0.15, -0.1) is 0 Å². The number of nitrogens with one attached hydrogen (secondary N) is 2. The van der Waals surface area contributed by atoms with E-state index in [-0.39, 0.29) is 55.2 Å². The molecule has 2 bridgehead atoms. The van der Waals surface area contributed by atoms with E-state index in [1.165, 1.54) is 11.1 Å². The minimum Gasteiger partial charge on any atom is -0.481 e. The van der Waals surface area contributed by atoms with Gasteiger partial charge in [-0.1, -0.05) is 48.5 Å². The molecule has 5 rings (SSSR count). The van der Waals surface area contributed by atoms with Crippen LogP contribution in [0, 0.1) is 17.8 Å². The number of rotatable bonds is 7. The number of aliphatic carboxylic acids is 1. The Hall–Kier alpha value is -3.35. The normalized spacial score (nSPS) is 24.7. The highest BCUT2D eigenvalue weighted by atomic mass is 16.5. The molecular weight excluding hydrogens is 420 g/mol. The van der Waals surface area contributed by atoms with Crippen LogP contribution in [0.25, 0.3) is 11.1 Å². The van der Waals surface area contributed by atoms with Gasteiger partial charge in [0.2, 0.25) is 5.91 Å². The predicted molar refractivity (Wildman–Crippen MR) is 122 cm³/mol. The van der Waals surface area contributed by atoms with Crippen molar-refractivity contribution < 1.29 is 24.2 Å². The highest BCUT2D eigenvalue weighted by molar-refractivity contribution is 5.82. The van der Waals surface area contributed by atoms with E-state index in [2.05, 4.69) is 34.9 Å². The van der Waals surface area contributed by atoms with Crippen molar-refractivity contribution in [2.75, 3.05) is 13.2 Å². The summed E-state index contributed by atoms with van der Waals surface area (Å²) in [6, 6.07) is 16.1. The number of hydrogen-bond donors (Lipinski definition) is 3. The van der Waals surface area contributed by atoms with Crippen molar-refractivity contribution in [1.29, 1.82) is 0 Å². The van der Waals surface area contributed by atoms with Crippen molar-refractivity contribution in [2.45, 2.75) is 37.6 Å². The fraction of sp³-hybridized carbons (Fsp3) is 0.423. The maximum absolute atomic E-state index is 12.8. The lowest BCUT2D eigenvalue weighted by molar-refractivity contribution is -0.137. The molecule has 4 atom stereocenters. The molecule has 3 N–H and O–H groups in total. The minimum atomic E-state index is -0.948. The molecule has 3 aliphatic rings. The largest absolute Gasteiger partial charge is 0.481 e. The second-order valence-corrected chi connectivity index (χ2v) is 9.29. The monoisotopic (exact) mass is 448 g/mol.